The maximum atomic E-state index is 14.3. The summed E-state index contributed by atoms with van der Waals surface area (Å²) in [6.45, 7) is 0.896. The van der Waals surface area contributed by atoms with Crippen molar-refractivity contribution in [2.45, 2.75) is 6.42 Å². The lowest BCUT2D eigenvalue weighted by Gasteiger charge is -2.10. The van der Waals surface area contributed by atoms with Gasteiger partial charge in [0.25, 0.3) is 0 Å². The SMILES string of the molecule is O=C(Nc1cc2c(/C=C/c3ccc(F)cc3)n[nH]c2cc1F)C1CCOC1. The number of hydrogen-bond acceptors (Lipinski definition) is 3. The van der Waals surface area contributed by atoms with Crippen LogP contribution in [0.1, 0.15) is 17.7 Å². The van der Waals surface area contributed by atoms with E-state index in [4.69, 9.17) is 4.74 Å². The first-order valence-corrected chi connectivity index (χ1v) is 8.60. The van der Waals surface area contributed by atoms with E-state index in [0.717, 1.165) is 5.56 Å². The van der Waals surface area contributed by atoms with Gasteiger partial charge < -0.3 is 10.1 Å². The summed E-state index contributed by atoms with van der Waals surface area (Å²) in [5, 5.41) is 10.3. The fourth-order valence-corrected chi connectivity index (χ4v) is 3.01. The molecule has 7 heteroatoms. The Labute approximate surface area is 154 Å². The summed E-state index contributed by atoms with van der Waals surface area (Å²) in [6, 6.07) is 8.91. The average molecular weight is 369 g/mol. The molecule has 3 aromatic rings. The van der Waals surface area contributed by atoms with E-state index in [9.17, 15) is 13.6 Å². The van der Waals surface area contributed by atoms with Crippen LogP contribution in [0.4, 0.5) is 14.5 Å². The molecule has 1 unspecified atom stereocenters. The van der Waals surface area contributed by atoms with Crippen molar-refractivity contribution in [1.29, 1.82) is 0 Å². The summed E-state index contributed by atoms with van der Waals surface area (Å²) in [6.07, 6.45) is 4.17. The van der Waals surface area contributed by atoms with Crippen molar-refractivity contribution in [1.82, 2.24) is 10.2 Å². The van der Waals surface area contributed by atoms with Gasteiger partial charge in [0, 0.05) is 18.1 Å². The zero-order valence-corrected chi connectivity index (χ0v) is 14.3. The average Bonchev–Trinajstić information content (AvgIpc) is 3.32. The summed E-state index contributed by atoms with van der Waals surface area (Å²) in [5.74, 6) is -1.35. The number of carbonyl (C=O) groups excluding carboxylic acids is 1. The van der Waals surface area contributed by atoms with Gasteiger partial charge in [0.1, 0.15) is 11.6 Å². The highest BCUT2D eigenvalue weighted by Crippen LogP contribution is 2.26. The Balaban J connectivity index is 1.61. The number of ether oxygens (including phenoxy) is 1. The smallest absolute Gasteiger partial charge is 0.229 e. The van der Waals surface area contributed by atoms with Gasteiger partial charge in [-0.05, 0) is 36.3 Å². The summed E-state index contributed by atoms with van der Waals surface area (Å²) >= 11 is 0. The van der Waals surface area contributed by atoms with Gasteiger partial charge in [0.2, 0.25) is 5.91 Å². The second-order valence-corrected chi connectivity index (χ2v) is 6.42. The number of aromatic amines is 1. The summed E-state index contributed by atoms with van der Waals surface area (Å²) in [5.41, 5.74) is 2.03. The van der Waals surface area contributed by atoms with Crippen LogP contribution >= 0.6 is 0 Å². The molecule has 2 heterocycles. The number of fused-ring (bicyclic) bond motifs is 1. The molecule has 138 valence electrons. The van der Waals surface area contributed by atoms with E-state index in [1.807, 2.05) is 0 Å². The molecule has 0 radical (unpaired) electrons. The monoisotopic (exact) mass is 369 g/mol. The number of nitrogens with one attached hydrogen (secondary N) is 2. The van der Waals surface area contributed by atoms with Gasteiger partial charge in [-0.3, -0.25) is 9.89 Å². The van der Waals surface area contributed by atoms with Crippen LogP contribution in [0.5, 0.6) is 0 Å². The molecule has 1 aliphatic rings. The van der Waals surface area contributed by atoms with Crippen LogP contribution in [0.3, 0.4) is 0 Å². The van der Waals surface area contributed by atoms with E-state index in [1.165, 1.54) is 18.2 Å². The predicted octanol–water partition coefficient (Wildman–Crippen LogP) is 3.99. The van der Waals surface area contributed by atoms with E-state index in [-0.39, 0.29) is 23.3 Å². The van der Waals surface area contributed by atoms with Gasteiger partial charge in [-0.15, -0.1) is 0 Å². The first kappa shape index (κ1) is 17.4. The van der Waals surface area contributed by atoms with Crippen molar-refractivity contribution in [2.24, 2.45) is 5.92 Å². The summed E-state index contributed by atoms with van der Waals surface area (Å²) < 4.78 is 32.5. The minimum absolute atomic E-state index is 0.109. The zero-order chi connectivity index (χ0) is 18.8. The van der Waals surface area contributed by atoms with Crippen molar-refractivity contribution in [3.63, 3.8) is 0 Å². The van der Waals surface area contributed by atoms with Crippen molar-refractivity contribution in [3.05, 3.63) is 59.3 Å². The first-order chi connectivity index (χ1) is 13.1. The van der Waals surface area contributed by atoms with Gasteiger partial charge >= 0.3 is 0 Å². The third kappa shape index (κ3) is 3.73. The van der Waals surface area contributed by atoms with E-state index < -0.39 is 5.82 Å². The molecule has 1 saturated heterocycles. The molecule has 2 N–H and O–H groups in total. The minimum atomic E-state index is -0.535. The topological polar surface area (TPSA) is 67.0 Å². The van der Waals surface area contributed by atoms with Crippen molar-refractivity contribution < 1.29 is 18.3 Å². The Kier molecular flexibility index (Phi) is 4.68. The number of benzene rings is 2. The van der Waals surface area contributed by atoms with Crippen LogP contribution in [0.2, 0.25) is 0 Å². The van der Waals surface area contributed by atoms with Crippen LogP contribution < -0.4 is 5.32 Å². The van der Waals surface area contributed by atoms with Crippen LogP contribution in [-0.4, -0.2) is 29.3 Å². The number of halogens is 2. The quantitative estimate of drug-likeness (QED) is 0.731. The summed E-state index contributed by atoms with van der Waals surface area (Å²) in [4.78, 5) is 12.2. The molecule has 1 fully saturated rings. The van der Waals surface area contributed by atoms with Crippen LogP contribution in [0.15, 0.2) is 36.4 Å². The molecule has 5 nitrogen and oxygen atoms in total. The number of H-pyrrole nitrogens is 1. The molecule has 1 aliphatic heterocycles. The highest BCUT2D eigenvalue weighted by Gasteiger charge is 2.24. The van der Waals surface area contributed by atoms with Gasteiger partial charge in [-0.25, -0.2) is 8.78 Å². The molecule has 2 aromatic carbocycles. The number of hydrogen-bond donors (Lipinski definition) is 2. The zero-order valence-electron chi connectivity index (χ0n) is 14.3. The van der Waals surface area contributed by atoms with Crippen LogP contribution in [-0.2, 0) is 9.53 Å². The number of amides is 1. The lowest BCUT2D eigenvalue weighted by Crippen LogP contribution is -2.23. The second kappa shape index (κ2) is 7.28. The van der Waals surface area contributed by atoms with Gasteiger partial charge in [0.15, 0.2) is 0 Å². The Morgan fingerprint density at radius 2 is 2.04 bits per heavy atom. The first-order valence-electron chi connectivity index (χ1n) is 8.60. The Morgan fingerprint density at radius 3 is 2.78 bits per heavy atom. The molecular formula is C20H17F2N3O2. The maximum Gasteiger partial charge on any atom is 0.229 e. The fourth-order valence-electron chi connectivity index (χ4n) is 3.01. The van der Waals surface area contributed by atoms with Crippen molar-refractivity contribution in [3.8, 4) is 0 Å². The van der Waals surface area contributed by atoms with Gasteiger partial charge in [-0.2, -0.15) is 5.10 Å². The molecule has 4 rings (SSSR count). The van der Waals surface area contributed by atoms with Gasteiger partial charge in [-0.1, -0.05) is 18.2 Å². The third-order valence-corrected chi connectivity index (χ3v) is 4.54. The van der Waals surface area contributed by atoms with Crippen LogP contribution in [0, 0.1) is 17.6 Å². The molecule has 0 aliphatic carbocycles. The fraction of sp³-hybridized carbons (Fsp3) is 0.200. The summed E-state index contributed by atoms with van der Waals surface area (Å²) in [7, 11) is 0. The number of nitrogens with zero attached hydrogens (tertiary/aromatic N) is 1. The van der Waals surface area contributed by atoms with E-state index >= 15 is 0 Å². The number of carbonyl (C=O) groups is 1. The van der Waals surface area contributed by atoms with Crippen molar-refractivity contribution >= 4 is 34.6 Å². The highest BCUT2D eigenvalue weighted by atomic mass is 19.1. The molecule has 0 saturated carbocycles. The van der Waals surface area contributed by atoms with Crippen molar-refractivity contribution in [2.75, 3.05) is 18.5 Å². The molecule has 1 aromatic heterocycles. The lowest BCUT2D eigenvalue weighted by atomic mass is 10.1. The Morgan fingerprint density at radius 1 is 1.22 bits per heavy atom. The Hall–Kier alpha value is -3.06. The molecule has 1 amide bonds. The highest BCUT2D eigenvalue weighted by molar-refractivity contribution is 5.97. The molecule has 1 atom stereocenters. The standard InChI is InChI=1S/C20H17F2N3O2/c21-14-4-1-12(2-5-14)3-6-17-15-9-19(16(22)10-18(15)25-24-17)23-20(26)13-7-8-27-11-13/h1-6,9-10,13H,7-8,11H2,(H,23,26)(H,24,25)/b6-3+. The number of rotatable bonds is 4. The Bertz CT molecular complexity index is 1010. The molecular weight excluding hydrogens is 352 g/mol. The third-order valence-electron chi connectivity index (χ3n) is 4.54. The predicted molar refractivity (Wildman–Crippen MR) is 98.9 cm³/mol. The second-order valence-electron chi connectivity index (χ2n) is 6.42. The molecule has 0 spiro atoms. The molecule has 27 heavy (non-hydrogen) atoms. The number of anilines is 1. The lowest BCUT2D eigenvalue weighted by molar-refractivity contribution is -0.119. The maximum absolute atomic E-state index is 14.3. The minimum Gasteiger partial charge on any atom is -0.381 e. The normalized spacial score (nSPS) is 17.0. The van der Waals surface area contributed by atoms with E-state index in [0.29, 0.717) is 36.2 Å². The number of aromatic nitrogens is 2. The van der Waals surface area contributed by atoms with Crippen LogP contribution in [0.25, 0.3) is 23.1 Å². The molecule has 0 bridgehead atoms. The largest absolute Gasteiger partial charge is 0.381 e. The van der Waals surface area contributed by atoms with E-state index in [1.54, 1.807) is 30.4 Å². The van der Waals surface area contributed by atoms with E-state index in [2.05, 4.69) is 15.5 Å². The van der Waals surface area contributed by atoms with Gasteiger partial charge in [0.05, 0.1) is 29.4 Å².